The van der Waals surface area contributed by atoms with Crippen LogP contribution in [-0.2, 0) is 6.18 Å². The first-order chi connectivity index (χ1) is 9.70. The molecule has 2 rings (SSSR count). The molecule has 1 nitrogen and oxygen atoms in total. The third kappa shape index (κ3) is 3.27. The summed E-state index contributed by atoms with van der Waals surface area (Å²) in [7, 11) is 0. The van der Waals surface area contributed by atoms with E-state index in [0.717, 1.165) is 23.3 Å². The number of alkyl halides is 3. The van der Waals surface area contributed by atoms with Gasteiger partial charge in [0.1, 0.15) is 0 Å². The largest absolute Gasteiger partial charge is 0.416 e. The molecule has 0 fully saturated rings. The molecular formula is C16H12ClF3O. The second-order valence-corrected chi connectivity index (χ2v) is 5.20. The number of aryl methyl sites for hydroxylation is 2. The smallest absolute Gasteiger partial charge is 0.276 e. The highest BCUT2D eigenvalue weighted by molar-refractivity contribution is 6.68. The Hall–Kier alpha value is -1.81. The molecule has 5 heteroatoms. The van der Waals surface area contributed by atoms with Gasteiger partial charge in [-0.1, -0.05) is 23.8 Å². The minimum absolute atomic E-state index is 0.300. The Morgan fingerprint density at radius 1 is 1.05 bits per heavy atom. The lowest BCUT2D eigenvalue weighted by Gasteiger charge is -2.13. The van der Waals surface area contributed by atoms with Crippen molar-refractivity contribution in [3.8, 4) is 11.1 Å². The van der Waals surface area contributed by atoms with Crippen molar-refractivity contribution in [3.63, 3.8) is 0 Å². The molecule has 0 atom stereocenters. The molecule has 21 heavy (non-hydrogen) atoms. The predicted octanol–water partition coefficient (Wildman–Crippen LogP) is 5.37. The quantitative estimate of drug-likeness (QED) is 0.681. The van der Waals surface area contributed by atoms with Gasteiger partial charge in [0, 0.05) is 5.56 Å². The normalized spacial score (nSPS) is 11.5. The van der Waals surface area contributed by atoms with Crippen molar-refractivity contribution < 1.29 is 18.0 Å². The van der Waals surface area contributed by atoms with Crippen molar-refractivity contribution in [3.05, 3.63) is 58.7 Å². The Balaban J connectivity index is 2.59. The van der Waals surface area contributed by atoms with Gasteiger partial charge < -0.3 is 0 Å². The maximum absolute atomic E-state index is 12.6. The Kier molecular flexibility index (Phi) is 4.10. The van der Waals surface area contributed by atoms with E-state index in [9.17, 15) is 18.0 Å². The molecule has 0 saturated carbocycles. The highest BCUT2D eigenvalue weighted by atomic mass is 35.5. The molecule has 0 aliphatic carbocycles. The number of hydrogen-bond donors (Lipinski definition) is 0. The molecule has 0 N–H and O–H groups in total. The van der Waals surface area contributed by atoms with Gasteiger partial charge in [0.15, 0.2) is 0 Å². The number of carbonyl (C=O) groups excluding carboxylic acids is 1. The Morgan fingerprint density at radius 2 is 1.62 bits per heavy atom. The lowest BCUT2D eigenvalue weighted by Crippen LogP contribution is -2.04. The molecule has 0 aliphatic heterocycles. The summed E-state index contributed by atoms with van der Waals surface area (Å²) < 4.78 is 37.8. The van der Waals surface area contributed by atoms with E-state index in [2.05, 4.69) is 0 Å². The summed E-state index contributed by atoms with van der Waals surface area (Å²) in [6.07, 6.45) is -4.38. The fourth-order valence-corrected chi connectivity index (χ4v) is 2.48. The number of carbonyl (C=O) groups is 1. The van der Waals surface area contributed by atoms with Crippen LogP contribution in [0, 0.1) is 13.8 Å². The molecule has 0 heterocycles. The van der Waals surface area contributed by atoms with E-state index in [1.54, 1.807) is 13.0 Å². The van der Waals surface area contributed by atoms with Crippen LogP contribution < -0.4 is 0 Å². The van der Waals surface area contributed by atoms with Gasteiger partial charge in [-0.05, 0) is 60.3 Å². The summed E-state index contributed by atoms with van der Waals surface area (Å²) in [6.45, 7) is 3.62. The van der Waals surface area contributed by atoms with E-state index in [4.69, 9.17) is 11.6 Å². The molecule has 0 saturated heterocycles. The number of rotatable bonds is 2. The minimum Gasteiger partial charge on any atom is -0.276 e. The van der Waals surface area contributed by atoms with E-state index in [1.165, 1.54) is 12.1 Å². The summed E-state index contributed by atoms with van der Waals surface area (Å²) >= 11 is 5.59. The van der Waals surface area contributed by atoms with Gasteiger partial charge in [0.05, 0.1) is 5.56 Å². The number of hydrogen-bond acceptors (Lipinski definition) is 1. The molecular weight excluding hydrogens is 301 g/mol. The summed E-state index contributed by atoms with van der Waals surface area (Å²) in [5.74, 6) is 0. The van der Waals surface area contributed by atoms with Gasteiger partial charge in [-0.2, -0.15) is 13.2 Å². The molecule has 110 valence electrons. The van der Waals surface area contributed by atoms with Crippen molar-refractivity contribution in [2.24, 2.45) is 0 Å². The number of benzene rings is 2. The summed E-state index contributed by atoms with van der Waals surface area (Å²) in [5.41, 5.74) is 2.33. The monoisotopic (exact) mass is 312 g/mol. The Bertz CT molecular complexity index is 688. The van der Waals surface area contributed by atoms with Crippen molar-refractivity contribution in [1.29, 1.82) is 0 Å². The van der Waals surface area contributed by atoms with Crippen molar-refractivity contribution in [2.75, 3.05) is 0 Å². The second kappa shape index (κ2) is 5.53. The third-order valence-electron chi connectivity index (χ3n) is 3.19. The van der Waals surface area contributed by atoms with Gasteiger partial charge >= 0.3 is 6.18 Å². The average molecular weight is 313 g/mol. The highest BCUT2D eigenvalue weighted by Gasteiger charge is 2.30. The van der Waals surface area contributed by atoms with Crippen molar-refractivity contribution in [1.82, 2.24) is 0 Å². The third-order valence-corrected chi connectivity index (χ3v) is 3.40. The zero-order valence-corrected chi connectivity index (χ0v) is 12.1. The first-order valence-corrected chi connectivity index (χ1v) is 6.56. The molecule has 0 aliphatic rings. The van der Waals surface area contributed by atoms with Gasteiger partial charge in [-0.3, -0.25) is 4.79 Å². The van der Waals surface area contributed by atoms with Crippen LogP contribution in [0.1, 0.15) is 27.0 Å². The van der Waals surface area contributed by atoms with Crippen LogP contribution in [-0.4, -0.2) is 5.24 Å². The van der Waals surface area contributed by atoms with Gasteiger partial charge in [-0.15, -0.1) is 0 Å². The highest BCUT2D eigenvalue weighted by Crippen LogP contribution is 2.34. The lowest BCUT2D eigenvalue weighted by molar-refractivity contribution is -0.137. The molecule has 0 aromatic heterocycles. The van der Waals surface area contributed by atoms with E-state index < -0.39 is 17.0 Å². The van der Waals surface area contributed by atoms with E-state index >= 15 is 0 Å². The lowest BCUT2D eigenvalue weighted by atomic mass is 9.93. The van der Waals surface area contributed by atoms with Crippen LogP contribution in [0.15, 0.2) is 36.4 Å². The maximum atomic E-state index is 12.6. The van der Waals surface area contributed by atoms with Gasteiger partial charge in [0.25, 0.3) is 5.24 Å². The second-order valence-electron chi connectivity index (χ2n) is 4.85. The molecule has 2 aromatic rings. The average Bonchev–Trinajstić information content (AvgIpc) is 2.37. The standard InChI is InChI=1S/C16H12ClF3O/c1-9-7-10(2)14(13(8-9)15(17)21)11-3-5-12(6-4-11)16(18,19)20/h3-8H,1-2H3. The molecule has 0 unspecified atom stereocenters. The Labute approximate surface area is 125 Å². The summed E-state index contributed by atoms with van der Waals surface area (Å²) in [5, 5.41) is -0.628. The van der Waals surface area contributed by atoms with Gasteiger partial charge in [0.2, 0.25) is 0 Å². The van der Waals surface area contributed by atoms with Crippen LogP contribution in [0.3, 0.4) is 0 Å². The van der Waals surface area contributed by atoms with Gasteiger partial charge in [-0.25, -0.2) is 0 Å². The predicted molar refractivity (Wildman–Crippen MR) is 76.5 cm³/mol. The van der Waals surface area contributed by atoms with Crippen molar-refractivity contribution >= 4 is 16.8 Å². The summed E-state index contributed by atoms with van der Waals surface area (Å²) in [4.78, 5) is 11.6. The molecule has 0 amide bonds. The summed E-state index contributed by atoms with van der Waals surface area (Å²) in [6, 6.07) is 8.19. The van der Waals surface area contributed by atoms with Crippen LogP contribution >= 0.6 is 11.6 Å². The molecule has 2 aromatic carbocycles. The van der Waals surface area contributed by atoms with Crippen LogP contribution in [0.2, 0.25) is 0 Å². The SMILES string of the molecule is Cc1cc(C)c(-c2ccc(C(F)(F)F)cc2)c(C(=O)Cl)c1. The van der Waals surface area contributed by atoms with Crippen LogP contribution in [0.4, 0.5) is 13.2 Å². The topological polar surface area (TPSA) is 17.1 Å². The first-order valence-electron chi connectivity index (χ1n) is 6.19. The molecule has 0 bridgehead atoms. The fraction of sp³-hybridized carbons (Fsp3) is 0.188. The van der Waals surface area contributed by atoms with E-state index in [1.807, 2.05) is 13.0 Å². The van der Waals surface area contributed by atoms with Crippen LogP contribution in [0.25, 0.3) is 11.1 Å². The van der Waals surface area contributed by atoms with Crippen LogP contribution in [0.5, 0.6) is 0 Å². The maximum Gasteiger partial charge on any atom is 0.416 e. The van der Waals surface area contributed by atoms with Crippen molar-refractivity contribution in [2.45, 2.75) is 20.0 Å². The van der Waals surface area contributed by atoms with E-state index in [0.29, 0.717) is 16.7 Å². The fourth-order valence-electron chi connectivity index (χ4n) is 2.33. The van der Waals surface area contributed by atoms with E-state index in [-0.39, 0.29) is 0 Å². The molecule has 0 radical (unpaired) electrons. The number of halogens is 4. The Morgan fingerprint density at radius 3 is 2.10 bits per heavy atom. The zero-order valence-electron chi connectivity index (χ0n) is 11.4. The zero-order chi connectivity index (χ0) is 15.8. The minimum atomic E-state index is -4.38. The first kappa shape index (κ1) is 15.6. The molecule has 0 spiro atoms.